The van der Waals surface area contributed by atoms with E-state index in [1.807, 2.05) is 43.3 Å². The van der Waals surface area contributed by atoms with E-state index in [1.54, 1.807) is 18.9 Å². The van der Waals surface area contributed by atoms with Crippen LogP contribution >= 0.6 is 11.8 Å². The molecule has 1 aliphatic carbocycles. The fraction of sp³-hybridized carbons (Fsp3) is 0.190. The van der Waals surface area contributed by atoms with E-state index in [1.165, 1.54) is 0 Å². The van der Waals surface area contributed by atoms with Crippen LogP contribution in [0.3, 0.4) is 0 Å². The van der Waals surface area contributed by atoms with Crippen molar-refractivity contribution in [1.29, 1.82) is 0 Å². The summed E-state index contributed by atoms with van der Waals surface area (Å²) in [6, 6.07) is 16.1. The summed E-state index contributed by atoms with van der Waals surface area (Å²) in [7, 11) is 1.62. The van der Waals surface area contributed by atoms with E-state index in [-0.39, 0.29) is 6.42 Å². The molecule has 0 radical (unpaired) electrons. The molecular formula is C21H20O3S. The number of rotatable bonds is 5. The van der Waals surface area contributed by atoms with Crippen LogP contribution in [0.4, 0.5) is 0 Å². The van der Waals surface area contributed by atoms with E-state index < -0.39 is 5.97 Å². The molecule has 0 fully saturated rings. The molecule has 0 spiro atoms. The third-order valence-corrected chi connectivity index (χ3v) is 5.29. The third-order valence-electron chi connectivity index (χ3n) is 4.44. The Balaban J connectivity index is 2.29. The molecule has 0 aromatic heterocycles. The van der Waals surface area contributed by atoms with Crippen LogP contribution in [0.5, 0.6) is 5.75 Å². The minimum absolute atomic E-state index is 0.00590. The van der Waals surface area contributed by atoms with E-state index in [4.69, 9.17) is 4.74 Å². The number of thioether (sulfide) groups is 1. The molecule has 0 atom stereocenters. The minimum Gasteiger partial charge on any atom is -0.497 e. The lowest BCUT2D eigenvalue weighted by atomic mass is 10.00. The summed E-state index contributed by atoms with van der Waals surface area (Å²) in [5.41, 5.74) is 6.17. The van der Waals surface area contributed by atoms with Gasteiger partial charge in [0.05, 0.1) is 13.5 Å². The maximum Gasteiger partial charge on any atom is 0.307 e. The Kier molecular flexibility index (Phi) is 5.00. The summed E-state index contributed by atoms with van der Waals surface area (Å²) < 4.78 is 5.34. The van der Waals surface area contributed by atoms with Crippen molar-refractivity contribution in [3.05, 3.63) is 70.8 Å². The number of hydrogen-bond donors (Lipinski definition) is 1. The fourth-order valence-electron chi connectivity index (χ4n) is 3.30. The first-order valence-corrected chi connectivity index (χ1v) is 9.23. The molecule has 0 saturated heterocycles. The van der Waals surface area contributed by atoms with Crippen LogP contribution in [0.1, 0.15) is 30.0 Å². The van der Waals surface area contributed by atoms with Crippen molar-refractivity contribution in [2.24, 2.45) is 0 Å². The zero-order valence-corrected chi connectivity index (χ0v) is 15.3. The Morgan fingerprint density at radius 2 is 1.84 bits per heavy atom. The lowest BCUT2D eigenvalue weighted by Crippen LogP contribution is -1.97. The first-order valence-electron chi connectivity index (χ1n) is 8.01. The van der Waals surface area contributed by atoms with Gasteiger partial charge in [0.2, 0.25) is 0 Å². The largest absolute Gasteiger partial charge is 0.497 e. The summed E-state index contributed by atoms with van der Waals surface area (Å²) in [6.45, 7) is 2.01. The summed E-state index contributed by atoms with van der Waals surface area (Å²) >= 11 is 1.69. The number of hydrogen-bond acceptors (Lipinski definition) is 3. The summed E-state index contributed by atoms with van der Waals surface area (Å²) in [6.07, 6.45) is 2.06. The summed E-state index contributed by atoms with van der Waals surface area (Å²) in [5.74, 6) is -0.0871. The van der Waals surface area contributed by atoms with Crippen molar-refractivity contribution < 1.29 is 14.6 Å². The molecule has 3 nitrogen and oxygen atoms in total. The lowest BCUT2D eigenvalue weighted by molar-refractivity contribution is -0.135. The maximum atomic E-state index is 11.4. The molecule has 1 N–H and O–H groups in total. The molecule has 25 heavy (non-hydrogen) atoms. The first kappa shape index (κ1) is 17.4. The van der Waals surface area contributed by atoms with E-state index in [9.17, 15) is 9.90 Å². The van der Waals surface area contributed by atoms with Crippen LogP contribution in [0.15, 0.2) is 54.1 Å². The highest BCUT2D eigenvalue weighted by Gasteiger charge is 2.28. The number of aliphatic carboxylic acids is 1. The van der Waals surface area contributed by atoms with E-state index in [2.05, 4.69) is 18.4 Å². The number of methoxy groups -OCH3 is 1. The highest BCUT2D eigenvalue weighted by molar-refractivity contribution is 8.08. The summed E-state index contributed by atoms with van der Waals surface area (Å²) in [4.78, 5) is 12.6. The SMILES string of the molecule is COc1ccc2c(c1)C(CC(=O)O)=C(C)C2=C(SC)c1ccccc1. The molecule has 3 rings (SSSR count). The number of carboxylic acid groups (broad SMARTS) is 1. The molecule has 4 heteroatoms. The van der Waals surface area contributed by atoms with Gasteiger partial charge in [-0.25, -0.2) is 0 Å². The van der Waals surface area contributed by atoms with Crippen molar-refractivity contribution in [1.82, 2.24) is 0 Å². The van der Waals surface area contributed by atoms with Crippen LogP contribution in [0.2, 0.25) is 0 Å². The molecule has 0 bridgehead atoms. The number of benzene rings is 2. The van der Waals surface area contributed by atoms with Crippen molar-refractivity contribution in [2.45, 2.75) is 13.3 Å². The zero-order valence-electron chi connectivity index (χ0n) is 14.5. The normalized spacial score (nSPS) is 15.2. The number of carboxylic acids is 1. The topological polar surface area (TPSA) is 46.5 Å². The Morgan fingerprint density at radius 1 is 1.12 bits per heavy atom. The highest BCUT2D eigenvalue weighted by atomic mass is 32.2. The molecule has 2 aromatic rings. The quantitative estimate of drug-likeness (QED) is 0.804. The first-order chi connectivity index (χ1) is 12.1. The zero-order chi connectivity index (χ0) is 18.0. The Hall–Kier alpha value is -2.46. The number of allylic oxidation sites excluding steroid dienone is 2. The third kappa shape index (κ3) is 3.22. The predicted octanol–water partition coefficient (Wildman–Crippen LogP) is 5.19. The molecule has 0 unspecified atom stereocenters. The molecule has 1 aliphatic rings. The van der Waals surface area contributed by atoms with Crippen molar-refractivity contribution in [3.8, 4) is 5.75 Å². The monoisotopic (exact) mass is 352 g/mol. The Bertz CT molecular complexity index is 879. The number of fused-ring (bicyclic) bond motifs is 1. The summed E-state index contributed by atoms with van der Waals surface area (Å²) in [5, 5.41) is 9.36. The number of ether oxygens (including phenoxy) is 1. The van der Waals surface area contributed by atoms with Crippen LogP contribution in [-0.4, -0.2) is 24.4 Å². The predicted molar refractivity (Wildman–Crippen MR) is 105 cm³/mol. The molecule has 0 aliphatic heterocycles. The van der Waals surface area contributed by atoms with Gasteiger partial charge in [-0.15, -0.1) is 11.8 Å². The second-order valence-corrected chi connectivity index (χ2v) is 6.68. The molecule has 128 valence electrons. The molecular weight excluding hydrogens is 332 g/mol. The van der Waals surface area contributed by atoms with Crippen molar-refractivity contribution in [3.63, 3.8) is 0 Å². The second kappa shape index (κ2) is 7.19. The van der Waals surface area contributed by atoms with Gasteiger partial charge >= 0.3 is 5.97 Å². The van der Waals surface area contributed by atoms with Gasteiger partial charge in [0.15, 0.2) is 0 Å². The van der Waals surface area contributed by atoms with Gasteiger partial charge in [-0.3, -0.25) is 4.79 Å². The molecule has 0 amide bonds. The second-order valence-electron chi connectivity index (χ2n) is 5.86. The molecule has 2 aromatic carbocycles. The fourth-order valence-corrected chi connectivity index (χ4v) is 4.14. The molecule has 0 heterocycles. The van der Waals surface area contributed by atoms with E-state index in [0.29, 0.717) is 0 Å². The van der Waals surface area contributed by atoms with Gasteiger partial charge in [0.1, 0.15) is 5.75 Å². The van der Waals surface area contributed by atoms with Gasteiger partial charge in [-0.05, 0) is 58.7 Å². The number of carbonyl (C=O) groups is 1. The van der Waals surface area contributed by atoms with Gasteiger partial charge in [0, 0.05) is 4.91 Å². The smallest absolute Gasteiger partial charge is 0.307 e. The van der Waals surface area contributed by atoms with Crippen LogP contribution < -0.4 is 4.74 Å². The lowest BCUT2D eigenvalue weighted by Gasteiger charge is -2.13. The Labute approximate surface area is 152 Å². The van der Waals surface area contributed by atoms with E-state index in [0.717, 1.165) is 44.1 Å². The van der Waals surface area contributed by atoms with Crippen LogP contribution in [-0.2, 0) is 4.79 Å². The van der Waals surface area contributed by atoms with Crippen LogP contribution in [0, 0.1) is 0 Å². The van der Waals surface area contributed by atoms with Gasteiger partial charge < -0.3 is 9.84 Å². The maximum absolute atomic E-state index is 11.4. The molecule has 0 saturated carbocycles. The Morgan fingerprint density at radius 3 is 2.44 bits per heavy atom. The highest BCUT2D eigenvalue weighted by Crippen LogP contribution is 2.49. The standard InChI is InChI=1S/C21H20O3S/c1-13-17(12-19(22)23)18-11-15(24-2)9-10-16(18)20(13)21(25-3)14-7-5-4-6-8-14/h4-11H,12H2,1-3H3,(H,22,23). The minimum atomic E-state index is -0.824. The average Bonchev–Trinajstić information content (AvgIpc) is 2.88. The van der Waals surface area contributed by atoms with Gasteiger partial charge in [-0.1, -0.05) is 36.4 Å². The van der Waals surface area contributed by atoms with E-state index >= 15 is 0 Å². The average molecular weight is 352 g/mol. The van der Waals surface area contributed by atoms with Gasteiger partial charge in [-0.2, -0.15) is 0 Å². The van der Waals surface area contributed by atoms with Gasteiger partial charge in [0.25, 0.3) is 0 Å². The van der Waals surface area contributed by atoms with Crippen molar-refractivity contribution >= 4 is 33.8 Å². The van der Waals surface area contributed by atoms with Crippen molar-refractivity contribution in [2.75, 3.05) is 13.4 Å². The van der Waals surface area contributed by atoms with Crippen LogP contribution in [0.25, 0.3) is 16.1 Å².